The van der Waals surface area contributed by atoms with Crippen molar-refractivity contribution in [3.8, 4) is 5.75 Å². The summed E-state index contributed by atoms with van der Waals surface area (Å²) in [5, 5.41) is 20.5. The van der Waals surface area contributed by atoms with Crippen LogP contribution in [0, 0.1) is 0 Å². The Bertz CT molecular complexity index is 232. The van der Waals surface area contributed by atoms with Gasteiger partial charge in [-0.2, -0.15) is 0 Å². The predicted octanol–water partition coefficient (Wildman–Crippen LogP) is -6.57. The molecule has 1 rings (SSSR count). The molecule has 0 aliphatic rings. The second kappa shape index (κ2) is 8.59. The molecule has 0 spiro atoms. The summed E-state index contributed by atoms with van der Waals surface area (Å²) in [4.78, 5) is 0. The Balaban J connectivity index is 0. The van der Waals surface area contributed by atoms with Gasteiger partial charge in [-0.05, 0) is 24.3 Å². The van der Waals surface area contributed by atoms with E-state index in [0.717, 1.165) is 0 Å². The zero-order valence-corrected chi connectivity index (χ0v) is 12.2. The maximum absolute atomic E-state index is 9.97. The summed E-state index contributed by atoms with van der Waals surface area (Å²) in [5.41, 5.74) is 0. The van der Waals surface area contributed by atoms with E-state index in [1.165, 1.54) is 12.1 Å². The Morgan fingerprint density at radius 2 is 1.54 bits per heavy atom. The molecule has 0 aromatic heterocycles. The Hall–Kier alpha value is 1.29. The van der Waals surface area contributed by atoms with Crippen molar-refractivity contribution in [2.75, 3.05) is 0 Å². The Labute approximate surface area is 126 Å². The van der Waals surface area contributed by atoms with E-state index in [2.05, 4.69) is 4.65 Å². The van der Waals surface area contributed by atoms with E-state index in [-0.39, 0.29) is 64.9 Å². The molecule has 0 amide bonds. The van der Waals surface area contributed by atoms with Crippen LogP contribution in [0.4, 0.5) is 0 Å². The fourth-order valence-electron chi connectivity index (χ4n) is 0.624. The normalized spacial score (nSPS) is 7.92. The van der Waals surface area contributed by atoms with Crippen LogP contribution in [-0.2, 0) is 0 Å². The van der Waals surface area contributed by atoms with Gasteiger partial charge in [-0.15, -0.1) is 0 Å². The molecule has 1 aromatic carbocycles. The van der Waals surface area contributed by atoms with Crippen LogP contribution >= 0.6 is 11.6 Å². The summed E-state index contributed by atoms with van der Waals surface area (Å²) >= 11 is 5.54. The van der Waals surface area contributed by atoms with Gasteiger partial charge < -0.3 is 14.7 Å². The quantitative estimate of drug-likeness (QED) is 0.462. The van der Waals surface area contributed by atoms with Gasteiger partial charge in [0.1, 0.15) is 7.32 Å². The molecular formula is C6H4BClNa2O3. The van der Waals surface area contributed by atoms with E-state index < -0.39 is 7.32 Å². The van der Waals surface area contributed by atoms with Gasteiger partial charge in [-0.25, -0.2) is 0 Å². The molecule has 0 N–H and O–H groups in total. The largest absolute Gasteiger partial charge is 1.00 e. The molecule has 1 aromatic rings. The van der Waals surface area contributed by atoms with Crippen LogP contribution in [0.25, 0.3) is 0 Å². The van der Waals surface area contributed by atoms with Crippen molar-refractivity contribution in [3.63, 3.8) is 0 Å². The molecule has 0 saturated heterocycles. The molecular weight excluding hydrogens is 212 g/mol. The van der Waals surface area contributed by atoms with E-state index in [9.17, 15) is 10.0 Å². The average Bonchev–Trinajstić information content (AvgIpc) is 1.93. The standard InChI is InChI=1S/C6H4BClO3.2Na/c8-5-1-3-6(4-2-5)11-7(9)10;;/h1-4H;;/q-2;2*+1. The molecule has 13 heavy (non-hydrogen) atoms. The average molecular weight is 216 g/mol. The minimum atomic E-state index is -2.28. The van der Waals surface area contributed by atoms with Crippen molar-refractivity contribution in [2.45, 2.75) is 0 Å². The van der Waals surface area contributed by atoms with Gasteiger partial charge in [-0.3, -0.25) is 0 Å². The minimum Gasteiger partial charge on any atom is -0.860 e. The summed E-state index contributed by atoms with van der Waals surface area (Å²) < 4.78 is 4.30. The molecule has 0 saturated carbocycles. The molecule has 0 heterocycles. The minimum absolute atomic E-state index is 0. The zero-order chi connectivity index (χ0) is 8.27. The predicted molar refractivity (Wildman–Crippen MR) is 37.8 cm³/mol. The first-order chi connectivity index (χ1) is 5.18. The number of rotatable bonds is 2. The summed E-state index contributed by atoms with van der Waals surface area (Å²) in [5.74, 6) is 0.240. The molecule has 0 aliphatic carbocycles. The maximum atomic E-state index is 9.97. The molecule has 0 aliphatic heterocycles. The summed E-state index contributed by atoms with van der Waals surface area (Å²) in [6.45, 7) is 0. The van der Waals surface area contributed by atoms with Gasteiger partial charge in [0.25, 0.3) is 0 Å². The first-order valence-electron chi connectivity index (χ1n) is 2.92. The van der Waals surface area contributed by atoms with Crippen LogP contribution in [0.15, 0.2) is 24.3 Å². The molecule has 0 atom stereocenters. The number of benzene rings is 1. The third-order valence-electron chi connectivity index (χ3n) is 1.05. The second-order valence-electron chi connectivity index (χ2n) is 1.86. The first kappa shape index (κ1) is 16.7. The van der Waals surface area contributed by atoms with E-state index in [0.29, 0.717) is 5.02 Å². The van der Waals surface area contributed by atoms with Crippen LogP contribution in [0.1, 0.15) is 0 Å². The Morgan fingerprint density at radius 1 is 1.08 bits per heavy atom. The summed E-state index contributed by atoms with van der Waals surface area (Å²) in [7, 11) is -2.28. The van der Waals surface area contributed by atoms with E-state index in [1.807, 2.05) is 0 Å². The van der Waals surface area contributed by atoms with E-state index >= 15 is 0 Å². The van der Waals surface area contributed by atoms with Crippen LogP contribution < -0.4 is 73.8 Å². The van der Waals surface area contributed by atoms with Crippen LogP contribution in [0.3, 0.4) is 0 Å². The van der Waals surface area contributed by atoms with Crippen LogP contribution in [0.2, 0.25) is 5.02 Å². The maximum Gasteiger partial charge on any atom is 1.00 e. The van der Waals surface area contributed by atoms with Gasteiger partial charge in [-0.1, -0.05) is 11.6 Å². The van der Waals surface area contributed by atoms with Gasteiger partial charge in [0.15, 0.2) is 0 Å². The van der Waals surface area contributed by atoms with Crippen molar-refractivity contribution in [1.29, 1.82) is 0 Å². The summed E-state index contributed by atoms with van der Waals surface area (Å²) in [6.07, 6.45) is 0. The van der Waals surface area contributed by atoms with Crippen molar-refractivity contribution in [2.24, 2.45) is 0 Å². The van der Waals surface area contributed by atoms with E-state index in [1.54, 1.807) is 12.1 Å². The monoisotopic (exact) mass is 216 g/mol. The van der Waals surface area contributed by atoms with Gasteiger partial charge in [0, 0.05) is 5.02 Å². The molecule has 0 radical (unpaired) electrons. The topological polar surface area (TPSA) is 55.3 Å². The van der Waals surface area contributed by atoms with Crippen LogP contribution in [0.5, 0.6) is 5.75 Å². The zero-order valence-electron chi connectivity index (χ0n) is 7.49. The number of halogens is 1. The molecule has 7 heteroatoms. The van der Waals surface area contributed by atoms with Gasteiger partial charge in [0.05, 0.1) is 5.75 Å². The number of hydrogen-bond donors (Lipinski definition) is 0. The molecule has 58 valence electrons. The third-order valence-corrected chi connectivity index (χ3v) is 1.30. The Morgan fingerprint density at radius 3 is 1.92 bits per heavy atom. The van der Waals surface area contributed by atoms with Crippen molar-refractivity contribution in [1.82, 2.24) is 0 Å². The second-order valence-corrected chi connectivity index (χ2v) is 2.30. The van der Waals surface area contributed by atoms with Crippen molar-refractivity contribution in [3.05, 3.63) is 29.3 Å². The van der Waals surface area contributed by atoms with Crippen LogP contribution in [-0.4, -0.2) is 7.32 Å². The van der Waals surface area contributed by atoms with Gasteiger partial charge in [0.2, 0.25) is 0 Å². The van der Waals surface area contributed by atoms with Gasteiger partial charge >= 0.3 is 59.1 Å². The molecule has 0 fully saturated rings. The van der Waals surface area contributed by atoms with Crippen molar-refractivity contribution < 1.29 is 73.8 Å². The molecule has 3 nitrogen and oxygen atoms in total. The van der Waals surface area contributed by atoms with E-state index in [4.69, 9.17) is 11.6 Å². The first-order valence-corrected chi connectivity index (χ1v) is 3.30. The smallest absolute Gasteiger partial charge is 0.860 e. The number of hydrogen-bond acceptors (Lipinski definition) is 3. The fourth-order valence-corrected chi connectivity index (χ4v) is 0.750. The van der Waals surface area contributed by atoms with Crippen molar-refractivity contribution >= 4 is 18.9 Å². The SMILES string of the molecule is [Na+].[Na+].[O-]B([O-])Oc1ccc(Cl)cc1. The fraction of sp³-hybridized carbons (Fsp3) is 0. The third kappa shape index (κ3) is 7.25. The molecule has 0 unspecified atom stereocenters. The molecule has 0 bridgehead atoms. The summed E-state index contributed by atoms with van der Waals surface area (Å²) in [6, 6.07) is 6.01. The Kier molecular flexibility index (Phi) is 11.0.